The summed E-state index contributed by atoms with van der Waals surface area (Å²) in [5.74, 6) is 0.993. The van der Waals surface area contributed by atoms with Gasteiger partial charge in [0.15, 0.2) is 10.9 Å². The number of aryl methyl sites for hydroxylation is 2. The quantitative estimate of drug-likeness (QED) is 0.403. The van der Waals surface area contributed by atoms with Gasteiger partial charge in [0.1, 0.15) is 0 Å². The van der Waals surface area contributed by atoms with Crippen LogP contribution in [-0.4, -0.2) is 22.8 Å². The summed E-state index contributed by atoms with van der Waals surface area (Å²) in [4.78, 5) is 26.3. The lowest BCUT2D eigenvalue weighted by Crippen LogP contribution is -2.52. The van der Waals surface area contributed by atoms with Gasteiger partial charge in [-0.15, -0.1) is 11.3 Å². The second kappa shape index (κ2) is 9.46. The van der Waals surface area contributed by atoms with Crippen LogP contribution in [0.25, 0.3) is 0 Å². The van der Waals surface area contributed by atoms with E-state index in [9.17, 15) is 9.59 Å². The predicted molar refractivity (Wildman–Crippen MR) is 110 cm³/mol. The number of Topliss-reactive ketones (excluding diaryl/α,β-unsaturated/α-hetero) is 1. The molecule has 0 saturated heterocycles. The van der Waals surface area contributed by atoms with Crippen molar-refractivity contribution in [1.29, 1.82) is 0 Å². The van der Waals surface area contributed by atoms with Crippen LogP contribution in [0.2, 0.25) is 0 Å². The molecule has 0 spiro atoms. The van der Waals surface area contributed by atoms with Gasteiger partial charge in [0, 0.05) is 34.2 Å². The zero-order chi connectivity index (χ0) is 19.3. The molecule has 1 aromatic rings. The van der Waals surface area contributed by atoms with Gasteiger partial charge in [-0.1, -0.05) is 26.7 Å². The maximum atomic E-state index is 12.2. The summed E-state index contributed by atoms with van der Waals surface area (Å²) < 4.78 is 0. The first-order chi connectivity index (χ1) is 12.3. The minimum absolute atomic E-state index is 0.00715. The predicted octanol–water partition coefficient (Wildman–Crippen LogP) is 3.65. The van der Waals surface area contributed by atoms with Crippen LogP contribution in [0.15, 0.2) is 6.07 Å². The third-order valence-electron chi connectivity index (χ3n) is 5.26. The van der Waals surface area contributed by atoms with Crippen LogP contribution < -0.4 is 16.2 Å². The Hall–Kier alpha value is -1.47. The first kappa shape index (κ1) is 20.8. The molecule has 0 bridgehead atoms. The number of nitrogens with one attached hydrogen (secondary N) is 3. The molecule has 2 rings (SSSR count). The standard InChI is InChI=1S/C19H29N3O2S2/c1-11-6-5-7-16(13(11)3)20-19(25)22-21-18(24)9-8-17(23)15-10-12(2)26-14(15)4/h10-11,13,16H,5-9H2,1-4H3,(H,21,24)(H2,20,22,25)/t11-,13-,16+/m0/s1. The maximum Gasteiger partial charge on any atom is 0.238 e. The van der Waals surface area contributed by atoms with E-state index in [1.807, 2.05) is 19.9 Å². The van der Waals surface area contributed by atoms with E-state index >= 15 is 0 Å². The van der Waals surface area contributed by atoms with Crippen LogP contribution in [0.5, 0.6) is 0 Å². The average Bonchev–Trinajstić information content (AvgIpc) is 2.93. The van der Waals surface area contributed by atoms with Gasteiger partial charge in [0.05, 0.1) is 0 Å². The zero-order valence-electron chi connectivity index (χ0n) is 16.0. The van der Waals surface area contributed by atoms with Gasteiger partial charge in [-0.3, -0.25) is 20.4 Å². The van der Waals surface area contributed by atoms with Gasteiger partial charge < -0.3 is 5.32 Å². The monoisotopic (exact) mass is 395 g/mol. The second-order valence-corrected chi connectivity index (χ2v) is 9.14. The number of carbonyl (C=O) groups is 2. The normalized spacial score (nSPS) is 22.5. The number of ketones is 1. The molecule has 1 saturated carbocycles. The fraction of sp³-hybridized carbons (Fsp3) is 0.632. The molecule has 0 unspecified atom stereocenters. The maximum absolute atomic E-state index is 12.2. The van der Waals surface area contributed by atoms with E-state index in [0.717, 1.165) is 21.7 Å². The van der Waals surface area contributed by atoms with Crippen LogP contribution >= 0.6 is 23.6 Å². The summed E-state index contributed by atoms with van der Waals surface area (Å²) in [6.45, 7) is 8.42. The molecule has 1 amide bonds. The van der Waals surface area contributed by atoms with Crippen molar-refractivity contribution in [2.45, 2.75) is 65.8 Å². The minimum atomic E-state index is -0.239. The van der Waals surface area contributed by atoms with Gasteiger partial charge in [0.2, 0.25) is 5.91 Å². The molecule has 26 heavy (non-hydrogen) atoms. The molecule has 0 radical (unpaired) electrons. The molecule has 0 aliphatic heterocycles. The molecule has 1 aliphatic rings. The van der Waals surface area contributed by atoms with E-state index in [1.165, 1.54) is 12.8 Å². The van der Waals surface area contributed by atoms with E-state index in [2.05, 4.69) is 30.0 Å². The Morgan fingerprint density at radius 3 is 2.58 bits per heavy atom. The third-order valence-corrected chi connectivity index (χ3v) is 6.45. The summed E-state index contributed by atoms with van der Waals surface area (Å²) in [6.07, 6.45) is 3.88. The largest absolute Gasteiger partial charge is 0.358 e. The molecule has 1 fully saturated rings. The third kappa shape index (κ3) is 5.77. The lowest BCUT2D eigenvalue weighted by molar-refractivity contribution is -0.121. The molecule has 1 aliphatic carbocycles. The molecule has 1 heterocycles. The molecular weight excluding hydrogens is 366 g/mol. The van der Waals surface area contributed by atoms with Crippen molar-refractivity contribution < 1.29 is 9.59 Å². The van der Waals surface area contributed by atoms with Crippen LogP contribution in [0.1, 0.15) is 66.1 Å². The number of amides is 1. The highest BCUT2D eigenvalue weighted by Crippen LogP contribution is 2.29. The molecule has 7 heteroatoms. The molecule has 3 N–H and O–H groups in total. The van der Waals surface area contributed by atoms with Gasteiger partial charge in [-0.2, -0.15) is 0 Å². The summed E-state index contributed by atoms with van der Waals surface area (Å²) in [5.41, 5.74) is 6.07. The van der Waals surface area contributed by atoms with Crippen molar-refractivity contribution in [3.05, 3.63) is 21.4 Å². The summed E-state index contributed by atoms with van der Waals surface area (Å²) in [5, 5.41) is 3.73. The van der Waals surface area contributed by atoms with Crippen LogP contribution in [0.4, 0.5) is 0 Å². The van der Waals surface area contributed by atoms with Crippen molar-refractivity contribution in [1.82, 2.24) is 16.2 Å². The summed E-state index contributed by atoms with van der Waals surface area (Å²) in [7, 11) is 0. The Kier molecular flexibility index (Phi) is 7.58. The number of hydrogen-bond donors (Lipinski definition) is 3. The van der Waals surface area contributed by atoms with E-state index in [-0.39, 0.29) is 24.5 Å². The number of hydrazine groups is 1. The van der Waals surface area contributed by atoms with Gasteiger partial charge >= 0.3 is 0 Å². The van der Waals surface area contributed by atoms with Crippen molar-refractivity contribution in [2.24, 2.45) is 11.8 Å². The molecule has 144 valence electrons. The number of carbonyl (C=O) groups excluding carboxylic acids is 2. The van der Waals surface area contributed by atoms with Crippen molar-refractivity contribution in [3.63, 3.8) is 0 Å². The Morgan fingerprint density at radius 1 is 1.19 bits per heavy atom. The average molecular weight is 396 g/mol. The van der Waals surface area contributed by atoms with Gasteiger partial charge in [-0.05, 0) is 50.4 Å². The lowest BCUT2D eigenvalue weighted by atomic mass is 9.78. The number of hydrogen-bond acceptors (Lipinski definition) is 4. The number of rotatable bonds is 5. The van der Waals surface area contributed by atoms with E-state index in [0.29, 0.717) is 23.0 Å². The van der Waals surface area contributed by atoms with E-state index < -0.39 is 0 Å². The summed E-state index contributed by atoms with van der Waals surface area (Å²) >= 11 is 6.88. The first-order valence-electron chi connectivity index (χ1n) is 9.23. The highest BCUT2D eigenvalue weighted by atomic mass is 32.1. The van der Waals surface area contributed by atoms with E-state index in [4.69, 9.17) is 12.2 Å². The highest BCUT2D eigenvalue weighted by molar-refractivity contribution is 7.80. The van der Waals surface area contributed by atoms with Crippen LogP contribution in [-0.2, 0) is 4.79 Å². The molecule has 0 aromatic carbocycles. The fourth-order valence-corrected chi connectivity index (χ4v) is 4.59. The smallest absolute Gasteiger partial charge is 0.238 e. The van der Waals surface area contributed by atoms with Crippen molar-refractivity contribution in [2.75, 3.05) is 0 Å². The highest BCUT2D eigenvalue weighted by Gasteiger charge is 2.27. The van der Waals surface area contributed by atoms with Crippen molar-refractivity contribution in [3.8, 4) is 0 Å². The Bertz CT molecular complexity index is 672. The van der Waals surface area contributed by atoms with Crippen LogP contribution in [0, 0.1) is 25.7 Å². The minimum Gasteiger partial charge on any atom is -0.358 e. The molecule has 3 atom stereocenters. The zero-order valence-corrected chi connectivity index (χ0v) is 17.6. The van der Waals surface area contributed by atoms with E-state index in [1.54, 1.807) is 11.3 Å². The second-order valence-electron chi connectivity index (χ2n) is 7.27. The molecule has 1 aromatic heterocycles. The lowest BCUT2D eigenvalue weighted by Gasteiger charge is -2.35. The number of thiocarbonyl (C=S) groups is 1. The summed E-state index contributed by atoms with van der Waals surface area (Å²) in [6, 6.07) is 2.23. The SMILES string of the molecule is Cc1cc(C(=O)CCC(=O)NNC(=S)N[C@@H]2CCC[C@H](C)[C@@H]2C)c(C)s1. The van der Waals surface area contributed by atoms with Gasteiger partial charge in [0.25, 0.3) is 0 Å². The van der Waals surface area contributed by atoms with Crippen molar-refractivity contribution >= 4 is 40.4 Å². The Morgan fingerprint density at radius 2 is 1.92 bits per heavy atom. The first-order valence-corrected chi connectivity index (χ1v) is 10.5. The molecule has 5 nitrogen and oxygen atoms in total. The molecular formula is C19H29N3O2S2. The topological polar surface area (TPSA) is 70.2 Å². The Labute approximate surface area is 165 Å². The number of thiophene rings is 1. The van der Waals surface area contributed by atoms with Crippen LogP contribution in [0.3, 0.4) is 0 Å². The Balaban J connectivity index is 1.70. The fourth-order valence-electron chi connectivity index (χ4n) is 3.45. The van der Waals surface area contributed by atoms with Gasteiger partial charge in [-0.25, -0.2) is 0 Å².